The average molecular weight is 473 g/mol. The number of carbonyl (C=O) groups excluding carboxylic acids is 3. The Morgan fingerprint density at radius 2 is 1.68 bits per heavy atom. The molecule has 1 aliphatic heterocycles. The molecule has 0 radical (unpaired) electrons. The van der Waals surface area contributed by atoms with Crippen LogP contribution in [0.4, 0.5) is 18.9 Å². The maximum Gasteiger partial charge on any atom is 0.471 e. The molecule has 0 spiro atoms. The van der Waals surface area contributed by atoms with Gasteiger partial charge in [-0.3, -0.25) is 14.4 Å². The van der Waals surface area contributed by atoms with Gasteiger partial charge in [0.05, 0.1) is 0 Å². The maximum absolute atomic E-state index is 13.3. The van der Waals surface area contributed by atoms with Crippen LogP contribution >= 0.6 is 0 Å². The van der Waals surface area contributed by atoms with E-state index in [1.54, 1.807) is 40.5 Å². The second-order valence-corrected chi connectivity index (χ2v) is 8.02. The first-order valence-corrected chi connectivity index (χ1v) is 10.9. The van der Waals surface area contributed by atoms with Crippen LogP contribution in [0.25, 0.3) is 0 Å². The number of para-hydroxylation sites is 1. The Morgan fingerprint density at radius 1 is 1.00 bits per heavy atom. The first-order chi connectivity index (χ1) is 16.2. The molecule has 6 nitrogen and oxygen atoms in total. The first-order valence-electron chi connectivity index (χ1n) is 10.9. The topological polar surface area (TPSA) is 78.5 Å². The molecule has 180 valence electrons. The Balaban J connectivity index is 1.81. The molecule has 2 aromatic carbocycles. The van der Waals surface area contributed by atoms with E-state index < -0.39 is 30.1 Å². The molecule has 1 aliphatic rings. The molecule has 0 saturated heterocycles. The number of anilines is 1. The summed E-state index contributed by atoms with van der Waals surface area (Å²) in [5.74, 6) is -3.49. The summed E-state index contributed by atoms with van der Waals surface area (Å²) in [6.07, 6.45) is -2.22. The summed E-state index contributed by atoms with van der Waals surface area (Å²) in [4.78, 5) is 39.5. The van der Waals surface area contributed by atoms with Crippen LogP contribution in [0.2, 0.25) is 0 Å². The molecule has 0 bridgehead atoms. The number of hydrogen-bond donors (Lipinski definition) is 2. The van der Waals surface area contributed by atoms with Gasteiger partial charge in [0, 0.05) is 18.7 Å². The molecule has 3 amide bonds. The highest BCUT2D eigenvalue weighted by Crippen LogP contribution is 2.27. The van der Waals surface area contributed by atoms with Crippen LogP contribution in [-0.2, 0) is 27.2 Å². The summed E-state index contributed by atoms with van der Waals surface area (Å²) in [6, 6.07) is 13.2. The Hall–Kier alpha value is -3.62. The van der Waals surface area contributed by atoms with E-state index in [0.717, 1.165) is 24.1 Å². The summed E-state index contributed by atoms with van der Waals surface area (Å²) in [6.45, 7) is 4.09. The molecule has 0 aromatic heterocycles. The summed E-state index contributed by atoms with van der Waals surface area (Å²) in [7, 11) is 0. The van der Waals surface area contributed by atoms with Gasteiger partial charge in [0.2, 0.25) is 11.8 Å². The number of halogens is 3. The minimum Gasteiger partial charge on any atom is -0.342 e. The van der Waals surface area contributed by atoms with E-state index in [2.05, 4.69) is 11.9 Å². The Bertz CT molecular complexity index is 1040. The fourth-order valence-electron chi connectivity index (χ4n) is 3.91. The van der Waals surface area contributed by atoms with Gasteiger partial charge in [-0.25, -0.2) is 0 Å². The standard InChI is InChI=1S/C25H26F3N3O3/c1-2-9-19(23(33)31-15-8-13-18-12-6-7-14-21(18)31)29-22(32)20(30-24(34)25(26,27)28)16-17-10-4-3-5-11-17/h2-7,10-12,14,19-20H,1,8-9,13,15-16H2,(H,29,32)(H,30,34)/t19-,20+/m1/s1. The third kappa shape index (κ3) is 6.24. The van der Waals surface area contributed by atoms with Crippen molar-refractivity contribution < 1.29 is 27.6 Å². The highest BCUT2D eigenvalue weighted by atomic mass is 19.4. The van der Waals surface area contributed by atoms with Crippen LogP contribution in [0.1, 0.15) is 24.0 Å². The van der Waals surface area contributed by atoms with Gasteiger partial charge in [-0.1, -0.05) is 54.6 Å². The molecule has 2 N–H and O–H groups in total. The Kier molecular flexibility index (Phi) is 8.09. The van der Waals surface area contributed by atoms with Crippen LogP contribution in [0.5, 0.6) is 0 Å². The number of benzene rings is 2. The van der Waals surface area contributed by atoms with E-state index in [1.165, 1.54) is 6.08 Å². The molecule has 2 atom stereocenters. The number of carbonyl (C=O) groups is 3. The monoisotopic (exact) mass is 473 g/mol. The summed E-state index contributed by atoms with van der Waals surface area (Å²) < 4.78 is 38.7. The van der Waals surface area contributed by atoms with Crippen LogP contribution in [0.3, 0.4) is 0 Å². The van der Waals surface area contributed by atoms with Crippen molar-refractivity contribution in [2.75, 3.05) is 11.4 Å². The second-order valence-electron chi connectivity index (χ2n) is 8.02. The van der Waals surface area contributed by atoms with Crippen LogP contribution < -0.4 is 15.5 Å². The molecule has 0 saturated carbocycles. The van der Waals surface area contributed by atoms with Crippen molar-refractivity contribution in [3.8, 4) is 0 Å². The normalized spacial score (nSPS) is 15.0. The SMILES string of the molecule is C=CC[C@@H](NC(=O)[C@H](Cc1ccccc1)NC(=O)C(F)(F)F)C(=O)N1CCCc2ccccc21. The lowest BCUT2D eigenvalue weighted by molar-refractivity contribution is -0.174. The first kappa shape index (κ1) is 25.0. The number of hydrogen-bond acceptors (Lipinski definition) is 3. The maximum atomic E-state index is 13.3. The molecule has 34 heavy (non-hydrogen) atoms. The number of alkyl halides is 3. The van der Waals surface area contributed by atoms with Crippen molar-refractivity contribution in [1.82, 2.24) is 10.6 Å². The molecular weight excluding hydrogens is 447 g/mol. The van der Waals surface area contributed by atoms with Gasteiger partial charge in [0.25, 0.3) is 0 Å². The smallest absolute Gasteiger partial charge is 0.342 e. The number of nitrogens with zero attached hydrogens (tertiary/aromatic N) is 1. The number of aryl methyl sites for hydroxylation is 1. The number of rotatable bonds is 8. The number of nitrogens with one attached hydrogen (secondary N) is 2. The van der Waals surface area contributed by atoms with E-state index in [0.29, 0.717) is 12.1 Å². The van der Waals surface area contributed by atoms with E-state index in [-0.39, 0.29) is 18.7 Å². The fraction of sp³-hybridized carbons (Fsp3) is 0.320. The zero-order valence-corrected chi connectivity index (χ0v) is 18.5. The third-order valence-electron chi connectivity index (χ3n) is 5.56. The van der Waals surface area contributed by atoms with E-state index >= 15 is 0 Å². The van der Waals surface area contributed by atoms with Gasteiger partial charge in [-0.15, -0.1) is 6.58 Å². The summed E-state index contributed by atoms with van der Waals surface area (Å²) in [5, 5.41) is 4.30. The number of amides is 3. The van der Waals surface area contributed by atoms with E-state index in [9.17, 15) is 27.6 Å². The van der Waals surface area contributed by atoms with Crippen LogP contribution in [0.15, 0.2) is 67.3 Å². The molecule has 1 heterocycles. The average Bonchev–Trinajstić information content (AvgIpc) is 2.82. The predicted octanol–water partition coefficient (Wildman–Crippen LogP) is 3.32. The van der Waals surface area contributed by atoms with Crippen molar-refractivity contribution >= 4 is 23.4 Å². The lowest BCUT2D eigenvalue weighted by atomic mass is 10.00. The molecule has 9 heteroatoms. The molecular formula is C25H26F3N3O3. The van der Waals surface area contributed by atoms with Crippen molar-refractivity contribution in [3.63, 3.8) is 0 Å². The van der Waals surface area contributed by atoms with Crippen molar-refractivity contribution in [1.29, 1.82) is 0 Å². The van der Waals surface area contributed by atoms with E-state index in [1.807, 2.05) is 24.3 Å². The largest absolute Gasteiger partial charge is 0.471 e. The van der Waals surface area contributed by atoms with Crippen LogP contribution in [0, 0.1) is 0 Å². The van der Waals surface area contributed by atoms with Gasteiger partial charge in [-0.05, 0) is 36.5 Å². The van der Waals surface area contributed by atoms with Gasteiger partial charge >= 0.3 is 12.1 Å². The van der Waals surface area contributed by atoms with Gasteiger partial charge in [0.1, 0.15) is 12.1 Å². The lowest BCUT2D eigenvalue weighted by Gasteiger charge is -2.33. The van der Waals surface area contributed by atoms with Crippen molar-refractivity contribution in [2.24, 2.45) is 0 Å². The highest BCUT2D eigenvalue weighted by molar-refractivity contribution is 6.01. The Labute approximate surface area is 195 Å². The number of fused-ring (bicyclic) bond motifs is 1. The molecule has 3 rings (SSSR count). The van der Waals surface area contributed by atoms with Crippen molar-refractivity contribution in [2.45, 2.75) is 43.9 Å². The summed E-state index contributed by atoms with van der Waals surface area (Å²) >= 11 is 0. The minimum atomic E-state index is -5.15. The summed E-state index contributed by atoms with van der Waals surface area (Å²) in [5.41, 5.74) is 2.31. The lowest BCUT2D eigenvalue weighted by Crippen LogP contribution is -2.56. The van der Waals surface area contributed by atoms with Gasteiger partial charge < -0.3 is 15.5 Å². The molecule has 0 fully saturated rings. The van der Waals surface area contributed by atoms with E-state index in [4.69, 9.17) is 0 Å². The quantitative estimate of drug-likeness (QED) is 0.578. The predicted molar refractivity (Wildman–Crippen MR) is 122 cm³/mol. The fourth-order valence-corrected chi connectivity index (χ4v) is 3.91. The zero-order valence-electron chi connectivity index (χ0n) is 18.5. The van der Waals surface area contributed by atoms with Crippen LogP contribution in [-0.4, -0.2) is 42.5 Å². The highest BCUT2D eigenvalue weighted by Gasteiger charge is 2.41. The van der Waals surface area contributed by atoms with Gasteiger partial charge in [0.15, 0.2) is 0 Å². The van der Waals surface area contributed by atoms with Gasteiger partial charge in [-0.2, -0.15) is 13.2 Å². The Morgan fingerprint density at radius 3 is 2.35 bits per heavy atom. The minimum absolute atomic E-state index is 0.0779. The second kappa shape index (κ2) is 11.0. The molecule has 2 aromatic rings. The van der Waals surface area contributed by atoms with Crippen molar-refractivity contribution in [3.05, 3.63) is 78.4 Å². The zero-order chi connectivity index (χ0) is 24.7. The molecule has 0 unspecified atom stereocenters. The third-order valence-corrected chi connectivity index (χ3v) is 5.56. The molecule has 0 aliphatic carbocycles.